The summed E-state index contributed by atoms with van der Waals surface area (Å²) in [5.41, 5.74) is 6.77. The Balaban J connectivity index is 2.22. The van der Waals surface area contributed by atoms with Gasteiger partial charge in [0.05, 0.1) is 12.7 Å². The number of amides is 3. The van der Waals surface area contributed by atoms with Crippen molar-refractivity contribution < 1.29 is 39.6 Å². The number of hydrogen-bond acceptors (Lipinski definition) is 8. The summed E-state index contributed by atoms with van der Waals surface area (Å²) < 4.78 is 0. The number of rotatable bonds is 13. The number of carboxylic acids is 1. The number of aromatic hydroxyl groups is 1. The van der Waals surface area contributed by atoms with Crippen LogP contribution in [0.4, 0.5) is 0 Å². The molecule has 12 heteroatoms. The lowest BCUT2D eigenvalue weighted by Crippen LogP contribution is -2.59. The molecule has 0 aliphatic carbocycles. The third kappa shape index (κ3) is 9.18. The second-order valence-corrected chi connectivity index (χ2v) is 8.53. The van der Waals surface area contributed by atoms with Crippen LogP contribution >= 0.6 is 0 Å². The molecular weight excluding hydrogens is 484 g/mol. The molecule has 0 spiro atoms. The lowest BCUT2D eigenvalue weighted by Gasteiger charge is -2.25. The van der Waals surface area contributed by atoms with Crippen LogP contribution in [0.25, 0.3) is 0 Å². The monoisotopic (exact) mass is 516 g/mol. The van der Waals surface area contributed by atoms with Crippen molar-refractivity contribution in [3.63, 3.8) is 0 Å². The van der Waals surface area contributed by atoms with Gasteiger partial charge in [-0.1, -0.05) is 42.5 Å². The zero-order valence-electron chi connectivity index (χ0n) is 20.2. The maximum atomic E-state index is 13.1. The van der Waals surface area contributed by atoms with Gasteiger partial charge in [0.2, 0.25) is 17.7 Å². The lowest BCUT2D eigenvalue weighted by molar-refractivity contribution is -0.142. The van der Waals surface area contributed by atoms with Crippen LogP contribution in [0, 0.1) is 0 Å². The van der Waals surface area contributed by atoms with Gasteiger partial charge in [0, 0.05) is 12.8 Å². The van der Waals surface area contributed by atoms with Crippen molar-refractivity contribution in [3.05, 3.63) is 65.7 Å². The van der Waals surface area contributed by atoms with Crippen molar-refractivity contribution in [2.75, 3.05) is 6.61 Å². The van der Waals surface area contributed by atoms with Gasteiger partial charge in [0.1, 0.15) is 29.9 Å². The highest BCUT2D eigenvalue weighted by atomic mass is 16.4. The number of carbonyl (C=O) groups is 4. The SMILES string of the molecule is CC(O)C(N)C(=O)NC(CO)C(=O)NC(Cc1ccc(O)cc1)C(=O)NC(Cc1ccccc1)C(=O)O. The van der Waals surface area contributed by atoms with Gasteiger partial charge in [-0.2, -0.15) is 0 Å². The number of benzene rings is 2. The van der Waals surface area contributed by atoms with Gasteiger partial charge in [-0.15, -0.1) is 0 Å². The van der Waals surface area contributed by atoms with Crippen LogP contribution in [0.2, 0.25) is 0 Å². The molecule has 0 aromatic heterocycles. The van der Waals surface area contributed by atoms with Gasteiger partial charge in [0.15, 0.2) is 0 Å². The minimum absolute atomic E-state index is 0.00561. The maximum Gasteiger partial charge on any atom is 0.326 e. The number of phenolic OH excluding ortho intramolecular Hbond substituents is 1. The van der Waals surface area contributed by atoms with Crippen LogP contribution in [0.1, 0.15) is 18.1 Å². The Kier molecular flexibility index (Phi) is 11.0. The van der Waals surface area contributed by atoms with Gasteiger partial charge in [-0.05, 0) is 30.2 Å². The summed E-state index contributed by atoms with van der Waals surface area (Å²) >= 11 is 0. The molecule has 37 heavy (non-hydrogen) atoms. The van der Waals surface area contributed by atoms with E-state index in [4.69, 9.17) is 5.73 Å². The maximum absolute atomic E-state index is 13.1. The molecule has 0 saturated carbocycles. The molecule has 5 unspecified atom stereocenters. The van der Waals surface area contributed by atoms with E-state index in [0.29, 0.717) is 11.1 Å². The van der Waals surface area contributed by atoms with Crippen LogP contribution in [0.3, 0.4) is 0 Å². The van der Waals surface area contributed by atoms with Gasteiger partial charge in [0.25, 0.3) is 0 Å². The summed E-state index contributed by atoms with van der Waals surface area (Å²) in [5.74, 6) is -3.92. The first-order valence-electron chi connectivity index (χ1n) is 11.5. The first-order chi connectivity index (χ1) is 17.5. The Morgan fingerprint density at radius 1 is 0.784 bits per heavy atom. The van der Waals surface area contributed by atoms with Crippen molar-refractivity contribution in [2.45, 2.75) is 50.0 Å². The van der Waals surface area contributed by atoms with Gasteiger partial charge in [-0.3, -0.25) is 14.4 Å². The lowest BCUT2D eigenvalue weighted by atomic mass is 10.0. The summed E-state index contributed by atoms with van der Waals surface area (Å²) in [6, 6.07) is 9.02. The standard InChI is InChI=1S/C25H32N4O8/c1-14(31)21(26)24(35)29-20(13-30)23(34)27-18(11-16-7-9-17(32)10-8-16)22(33)28-19(25(36)37)12-15-5-3-2-4-6-15/h2-10,14,18-21,30-32H,11-13,26H2,1H3,(H,27,34)(H,28,33)(H,29,35)(H,36,37). The number of carbonyl (C=O) groups excluding carboxylic acids is 3. The predicted molar refractivity (Wildman–Crippen MR) is 132 cm³/mol. The van der Waals surface area contributed by atoms with Crippen LogP contribution in [-0.2, 0) is 32.0 Å². The van der Waals surface area contributed by atoms with Crippen LogP contribution in [0.15, 0.2) is 54.6 Å². The van der Waals surface area contributed by atoms with Crippen molar-refractivity contribution in [1.82, 2.24) is 16.0 Å². The Morgan fingerprint density at radius 3 is 1.81 bits per heavy atom. The number of aliphatic hydroxyl groups is 2. The van der Waals surface area contributed by atoms with E-state index in [9.17, 15) is 39.6 Å². The van der Waals surface area contributed by atoms with E-state index in [-0.39, 0.29) is 18.6 Å². The molecule has 2 rings (SSSR count). The molecule has 0 aliphatic rings. The summed E-state index contributed by atoms with van der Waals surface area (Å²) in [6.07, 6.45) is -1.31. The highest BCUT2D eigenvalue weighted by Gasteiger charge is 2.31. The fourth-order valence-corrected chi connectivity index (χ4v) is 3.35. The smallest absolute Gasteiger partial charge is 0.326 e. The van der Waals surface area contributed by atoms with E-state index in [1.54, 1.807) is 30.3 Å². The first kappa shape index (κ1) is 29.2. The normalized spacial score (nSPS) is 14.9. The number of hydrogen-bond donors (Lipinski definition) is 8. The van der Waals surface area contributed by atoms with E-state index in [1.807, 2.05) is 0 Å². The van der Waals surface area contributed by atoms with E-state index in [1.165, 1.54) is 31.2 Å². The highest BCUT2D eigenvalue weighted by Crippen LogP contribution is 2.12. The minimum atomic E-state index is -1.49. The fraction of sp³-hybridized carbons (Fsp3) is 0.360. The molecule has 0 fully saturated rings. The molecule has 0 heterocycles. The van der Waals surface area contributed by atoms with Gasteiger partial charge in [-0.25, -0.2) is 4.79 Å². The zero-order valence-corrected chi connectivity index (χ0v) is 20.2. The number of carboxylic acid groups (broad SMARTS) is 1. The van der Waals surface area contributed by atoms with Gasteiger partial charge < -0.3 is 42.1 Å². The number of phenols is 1. The second-order valence-electron chi connectivity index (χ2n) is 8.53. The quantitative estimate of drug-likeness (QED) is 0.154. The first-order valence-corrected chi connectivity index (χ1v) is 11.5. The Labute approximate surface area is 213 Å². The topological polar surface area (TPSA) is 211 Å². The molecule has 200 valence electrons. The molecule has 0 saturated heterocycles. The van der Waals surface area contributed by atoms with Gasteiger partial charge >= 0.3 is 5.97 Å². The van der Waals surface area contributed by atoms with Crippen LogP contribution in [0.5, 0.6) is 5.75 Å². The third-order valence-corrected chi connectivity index (χ3v) is 5.54. The number of nitrogens with one attached hydrogen (secondary N) is 3. The van der Waals surface area contributed by atoms with E-state index >= 15 is 0 Å². The zero-order chi connectivity index (χ0) is 27.5. The average molecular weight is 517 g/mol. The van der Waals surface area contributed by atoms with Crippen molar-refractivity contribution in [3.8, 4) is 5.75 Å². The third-order valence-electron chi connectivity index (χ3n) is 5.54. The van der Waals surface area contributed by atoms with Crippen LogP contribution < -0.4 is 21.7 Å². The summed E-state index contributed by atoms with van der Waals surface area (Å²) in [4.78, 5) is 50.0. The molecule has 9 N–H and O–H groups in total. The number of aliphatic carboxylic acids is 1. The fourth-order valence-electron chi connectivity index (χ4n) is 3.35. The van der Waals surface area contributed by atoms with E-state index < -0.39 is 60.6 Å². The van der Waals surface area contributed by atoms with Crippen LogP contribution in [-0.4, -0.2) is 81.0 Å². The molecule has 3 amide bonds. The van der Waals surface area contributed by atoms with E-state index in [0.717, 1.165) is 0 Å². The second kappa shape index (κ2) is 13.9. The molecule has 5 atom stereocenters. The van der Waals surface area contributed by atoms with Crippen molar-refractivity contribution in [2.24, 2.45) is 5.73 Å². The summed E-state index contributed by atoms with van der Waals surface area (Å²) in [7, 11) is 0. The van der Waals surface area contributed by atoms with Crippen molar-refractivity contribution in [1.29, 1.82) is 0 Å². The molecule has 0 radical (unpaired) electrons. The molecule has 2 aromatic carbocycles. The Morgan fingerprint density at radius 2 is 1.27 bits per heavy atom. The predicted octanol–water partition coefficient (Wildman–Crippen LogP) is -1.58. The Bertz CT molecular complexity index is 1060. The summed E-state index contributed by atoms with van der Waals surface area (Å²) in [6.45, 7) is 0.452. The highest BCUT2D eigenvalue weighted by molar-refractivity contribution is 5.94. The average Bonchev–Trinajstić information content (AvgIpc) is 2.87. The molecule has 0 aliphatic heterocycles. The molecule has 12 nitrogen and oxygen atoms in total. The number of aliphatic hydroxyl groups excluding tert-OH is 2. The number of nitrogens with two attached hydrogens (primary N) is 1. The Hall–Kier alpha value is -4.00. The van der Waals surface area contributed by atoms with Crippen molar-refractivity contribution >= 4 is 23.7 Å². The molecule has 2 aromatic rings. The minimum Gasteiger partial charge on any atom is -0.508 e. The summed E-state index contributed by atoms with van der Waals surface area (Å²) in [5, 5.41) is 45.4. The van der Waals surface area contributed by atoms with E-state index in [2.05, 4.69) is 16.0 Å². The molecular formula is C25H32N4O8. The molecule has 0 bridgehead atoms. The largest absolute Gasteiger partial charge is 0.508 e.